The van der Waals surface area contributed by atoms with E-state index in [0.717, 1.165) is 6.07 Å². The van der Waals surface area contributed by atoms with Crippen LogP contribution in [0.2, 0.25) is 0 Å². The van der Waals surface area contributed by atoms with E-state index in [1.807, 2.05) is 0 Å². The highest BCUT2D eigenvalue weighted by atomic mass is 32.2. The first-order valence-electron chi connectivity index (χ1n) is 5.36. The topological polar surface area (TPSA) is 104 Å². The van der Waals surface area contributed by atoms with Crippen molar-refractivity contribution in [3.05, 3.63) is 28.7 Å². The van der Waals surface area contributed by atoms with Gasteiger partial charge in [-0.2, -0.15) is 4.91 Å². The summed E-state index contributed by atoms with van der Waals surface area (Å²) in [5, 5.41) is 3.01. The molecule has 0 fully saturated rings. The lowest BCUT2D eigenvalue weighted by atomic mass is 9.83. The number of benzene rings is 1. The largest absolute Gasteiger partial charge is 0.302 e. The minimum absolute atomic E-state index is 0.000270. The van der Waals surface area contributed by atoms with E-state index in [1.54, 1.807) is 20.8 Å². The molecule has 0 spiro atoms. The Morgan fingerprint density at radius 3 is 2.11 bits per heavy atom. The average Bonchev–Trinajstić information content (AvgIpc) is 2.27. The lowest BCUT2D eigenvalue weighted by Gasteiger charge is -2.26. The molecule has 0 aliphatic heterocycles. The molecule has 106 valence electrons. The van der Waals surface area contributed by atoms with Crippen LogP contribution in [0.1, 0.15) is 32.4 Å². The second kappa shape index (κ2) is 6.00. The first-order chi connectivity index (χ1) is 8.68. The summed E-state index contributed by atoms with van der Waals surface area (Å²) in [6.45, 7) is 5.34. The summed E-state index contributed by atoms with van der Waals surface area (Å²) < 4.78 is 40.6. The van der Waals surface area contributed by atoms with Crippen molar-refractivity contribution < 1.29 is 17.5 Å². The van der Waals surface area contributed by atoms with Gasteiger partial charge in [-0.25, -0.2) is 8.42 Å². The van der Waals surface area contributed by atoms with Crippen molar-refractivity contribution in [3.8, 4) is 0 Å². The van der Waals surface area contributed by atoms with Gasteiger partial charge in [0.25, 0.3) is 0 Å². The van der Waals surface area contributed by atoms with Crippen LogP contribution >= 0.6 is 0 Å². The highest BCUT2D eigenvalue weighted by Crippen LogP contribution is 2.38. The maximum atomic E-state index is 11.3. The number of nitroso groups, excluding NO2 is 1. The van der Waals surface area contributed by atoms with Crippen molar-refractivity contribution in [2.45, 2.75) is 36.6 Å². The molecular weight excluding hydrogens is 290 g/mol. The van der Waals surface area contributed by atoms with Crippen molar-refractivity contribution in [2.24, 2.45) is 10.6 Å². The van der Waals surface area contributed by atoms with Gasteiger partial charge < -0.3 is 9.11 Å². The van der Waals surface area contributed by atoms with Gasteiger partial charge in [0.05, 0.1) is 9.79 Å². The number of nitrogens with zero attached hydrogens (tertiary/aromatic N) is 1. The molecule has 1 aromatic carbocycles. The molecule has 0 bridgehead atoms. The Morgan fingerprint density at radius 1 is 1.16 bits per heavy atom. The maximum Gasteiger partial charge on any atom is 0.186 e. The molecule has 8 heteroatoms. The molecule has 0 aromatic heterocycles. The Hall–Kier alpha value is -0.960. The summed E-state index contributed by atoms with van der Waals surface area (Å²) in [4.78, 5) is 10.9. The van der Waals surface area contributed by atoms with E-state index in [9.17, 15) is 17.9 Å². The molecule has 19 heavy (non-hydrogen) atoms. The van der Waals surface area contributed by atoms with Gasteiger partial charge in [-0.1, -0.05) is 32.0 Å². The van der Waals surface area contributed by atoms with Gasteiger partial charge in [0, 0.05) is 0 Å². The Kier molecular flexibility index (Phi) is 5.08. The third kappa shape index (κ3) is 3.75. The van der Waals surface area contributed by atoms with E-state index < -0.39 is 33.6 Å². The minimum Gasteiger partial charge on any atom is -0.302 e. The molecule has 3 atom stereocenters. The van der Waals surface area contributed by atoms with E-state index in [2.05, 4.69) is 5.18 Å². The van der Waals surface area contributed by atoms with Crippen LogP contribution in [0.25, 0.3) is 0 Å². The molecule has 0 aliphatic carbocycles. The molecule has 1 rings (SSSR count). The van der Waals surface area contributed by atoms with Crippen molar-refractivity contribution in [2.75, 3.05) is 0 Å². The third-order valence-electron chi connectivity index (χ3n) is 2.60. The van der Waals surface area contributed by atoms with Crippen LogP contribution in [-0.4, -0.2) is 17.5 Å². The number of hydrogen-bond acceptors (Lipinski definition) is 4. The van der Waals surface area contributed by atoms with E-state index in [1.165, 1.54) is 12.1 Å². The summed E-state index contributed by atoms with van der Waals surface area (Å²) in [5.41, 5.74) is -0.243. The first kappa shape index (κ1) is 16.1. The zero-order chi connectivity index (χ0) is 14.8. The lowest BCUT2D eigenvalue weighted by Crippen LogP contribution is -2.18. The number of rotatable bonds is 4. The Bertz CT molecular complexity index is 538. The third-order valence-corrected chi connectivity index (χ3v) is 3.98. The lowest BCUT2D eigenvalue weighted by molar-refractivity contribution is 0.323. The fraction of sp³-hybridized carbons (Fsp3) is 0.455. The predicted molar refractivity (Wildman–Crippen MR) is 72.5 cm³/mol. The summed E-state index contributed by atoms with van der Waals surface area (Å²) in [6.07, 6.45) is 0. The SMILES string of the molecule is CC(C)(C)C(N=O)c1ccc(S(=O)O)cc1S(=O)O. The van der Waals surface area contributed by atoms with Crippen molar-refractivity contribution >= 4 is 22.2 Å². The molecule has 1 aromatic rings. The average molecular weight is 305 g/mol. The van der Waals surface area contributed by atoms with Crippen LogP contribution in [0.5, 0.6) is 0 Å². The van der Waals surface area contributed by atoms with Gasteiger partial charge >= 0.3 is 0 Å². The minimum atomic E-state index is -2.37. The monoisotopic (exact) mass is 305 g/mol. The maximum absolute atomic E-state index is 11.3. The van der Waals surface area contributed by atoms with Crippen LogP contribution < -0.4 is 0 Å². The van der Waals surface area contributed by atoms with Crippen molar-refractivity contribution in [3.63, 3.8) is 0 Å². The second-order valence-corrected chi connectivity index (χ2v) is 6.98. The van der Waals surface area contributed by atoms with E-state index in [-0.39, 0.29) is 15.4 Å². The Balaban J connectivity index is 3.47. The van der Waals surface area contributed by atoms with Crippen LogP contribution in [0.15, 0.2) is 33.2 Å². The molecule has 6 nitrogen and oxygen atoms in total. The fourth-order valence-electron chi connectivity index (χ4n) is 1.68. The van der Waals surface area contributed by atoms with Crippen molar-refractivity contribution in [1.82, 2.24) is 0 Å². The van der Waals surface area contributed by atoms with Gasteiger partial charge in [0.15, 0.2) is 22.2 Å². The van der Waals surface area contributed by atoms with E-state index in [4.69, 9.17) is 4.55 Å². The molecule has 0 radical (unpaired) electrons. The van der Waals surface area contributed by atoms with Crippen LogP contribution in [0.3, 0.4) is 0 Å². The fourth-order valence-corrected chi connectivity index (χ4v) is 2.77. The van der Waals surface area contributed by atoms with Crippen LogP contribution in [-0.2, 0) is 22.2 Å². The highest BCUT2D eigenvalue weighted by molar-refractivity contribution is 7.80. The molecule has 3 unspecified atom stereocenters. The quantitative estimate of drug-likeness (QED) is 0.657. The summed E-state index contributed by atoms with van der Waals surface area (Å²) in [5.74, 6) is 0. The van der Waals surface area contributed by atoms with Crippen LogP contribution in [0, 0.1) is 10.3 Å². The molecule has 0 heterocycles. The van der Waals surface area contributed by atoms with Crippen LogP contribution in [0.4, 0.5) is 0 Å². The summed E-state index contributed by atoms with van der Waals surface area (Å²) >= 11 is -4.62. The van der Waals surface area contributed by atoms with Gasteiger partial charge in [-0.3, -0.25) is 0 Å². The van der Waals surface area contributed by atoms with Gasteiger partial charge in [0.1, 0.15) is 6.04 Å². The molecule has 0 aliphatic rings. The predicted octanol–water partition coefficient (Wildman–Crippen LogP) is 2.70. The number of hydrogen-bond donors (Lipinski definition) is 2. The Labute approximate surface area is 116 Å². The van der Waals surface area contributed by atoms with E-state index >= 15 is 0 Å². The molecule has 0 amide bonds. The first-order valence-corrected chi connectivity index (χ1v) is 7.58. The Morgan fingerprint density at radius 2 is 1.74 bits per heavy atom. The zero-order valence-corrected chi connectivity index (χ0v) is 12.3. The van der Waals surface area contributed by atoms with Crippen molar-refractivity contribution in [1.29, 1.82) is 0 Å². The zero-order valence-electron chi connectivity index (χ0n) is 10.7. The highest BCUT2D eigenvalue weighted by Gasteiger charge is 2.31. The normalized spacial score (nSPS) is 16.7. The van der Waals surface area contributed by atoms with Gasteiger partial charge in [0.2, 0.25) is 0 Å². The summed E-state index contributed by atoms with van der Waals surface area (Å²) in [6, 6.07) is 3.06. The van der Waals surface area contributed by atoms with Gasteiger partial charge in [-0.15, -0.1) is 0 Å². The molecule has 2 N–H and O–H groups in total. The second-order valence-electron chi connectivity index (χ2n) is 5.07. The van der Waals surface area contributed by atoms with E-state index in [0.29, 0.717) is 0 Å². The molecule has 0 saturated heterocycles. The molecular formula is C11H15NO5S2. The molecule has 0 saturated carbocycles. The summed E-state index contributed by atoms with van der Waals surface area (Å²) in [7, 11) is 0. The smallest absolute Gasteiger partial charge is 0.186 e. The standard InChI is InChI=1S/C11H15NO5S2/c1-11(2,3)10(12-13)8-5-4-7(18(14)15)6-9(8)19(16)17/h4-6,10H,1-3H3,(H,14,15)(H,16,17). The van der Waals surface area contributed by atoms with Gasteiger partial charge in [-0.05, 0) is 23.1 Å².